The van der Waals surface area contributed by atoms with Gasteiger partial charge < -0.3 is 8.83 Å². The molecule has 0 spiro atoms. The van der Waals surface area contributed by atoms with Crippen LogP contribution in [0.25, 0.3) is 0 Å². The Kier molecular flexibility index (Phi) is 5.07. The second-order valence-electron chi connectivity index (χ2n) is 6.06. The summed E-state index contributed by atoms with van der Waals surface area (Å²) in [5.41, 5.74) is 4.27. The molecule has 0 aliphatic rings. The predicted octanol–water partition coefficient (Wildman–Crippen LogP) is 5.96. The number of nitrogens with zero attached hydrogens (tertiary/aromatic N) is 2. The van der Waals surface area contributed by atoms with E-state index in [1.807, 2.05) is 48.5 Å². The maximum Gasteiger partial charge on any atom is 0.144 e. The molecule has 0 saturated heterocycles. The first kappa shape index (κ1) is 16.8. The Labute approximate surface area is 157 Å². The van der Waals surface area contributed by atoms with Crippen LogP contribution in [-0.2, 0) is 6.42 Å². The van der Waals surface area contributed by atoms with Gasteiger partial charge in [-0.3, -0.25) is 9.98 Å². The molecule has 0 unspecified atom stereocenters. The number of furan rings is 2. The van der Waals surface area contributed by atoms with Crippen molar-refractivity contribution >= 4 is 23.8 Å². The Balaban J connectivity index is 1.37. The van der Waals surface area contributed by atoms with Gasteiger partial charge in [-0.25, -0.2) is 0 Å². The fourth-order valence-electron chi connectivity index (χ4n) is 2.64. The second-order valence-corrected chi connectivity index (χ2v) is 6.06. The van der Waals surface area contributed by atoms with E-state index in [0.29, 0.717) is 0 Å². The summed E-state index contributed by atoms with van der Waals surface area (Å²) in [5, 5.41) is 0. The Morgan fingerprint density at radius 2 is 1.04 bits per heavy atom. The van der Waals surface area contributed by atoms with Crippen molar-refractivity contribution in [2.75, 3.05) is 0 Å². The van der Waals surface area contributed by atoms with Gasteiger partial charge in [0.25, 0.3) is 0 Å². The van der Waals surface area contributed by atoms with E-state index in [-0.39, 0.29) is 0 Å². The topological polar surface area (TPSA) is 51.0 Å². The van der Waals surface area contributed by atoms with E-state index < -0.39 is 0 Å². The van der Waals surface area contributed by atoms with Gasteiger partial charge in [0.15, 0.2) is 0 Å². The molecule has 0 amide bonds. The summed E-state index contributed by atoms with van der Waals surface area (Å²) in [5.74, 6) is 1.49. The van der Waals surface area contributed by atoms with Gasteiger partial charge in [-0.15, -0.1) is 0 Å². The third kappa shape index (κ3) is 4.70. The zero-order chi connectivity index (χ0) is 18.3. The van der Waals surface area contributed by atoms with Gasteiger partial charge in [0, 0.05) is 0 Å². The molecule has 2 heterocycles. The van der Waals surface area contributed by atoms with Gasteiger partial charge in [0.1, 0.15) is 11.5 Å². The van der Waals surface area contributed by atoms with Crippen molar-refractivity contribution in [2.24, 2.45) is 9.98 Å². The van der Waals surface area contributed by atoms with E-state index in [2.05, 4.69) is 34.3 Å². The molecule has 0 radical (unpaired) electrons. The predicted molar refractivity (Wildman–Crippen MR) is 108 cm³/mol. The fraction of sp³-hybridized carbons (Fsp3) is 0.0435. The third-order valence-corrected chi connectivity index (χ3v) is 4.05. The Morgan fingerprint density at radius 3 is 1.41 bits per heavy atom. The highest BCUT2D eigenvalue weighted by Gasteiger charge is 1.98. The Morgan fingerprint density at radius 1 is 0.593 bits per heavy atom. The number of rotatable bonds is 6. The van der Waals surface area contributed by atoms with E-state index in [9.17, 15) is 0 Å². The third-order valence-electron chi connectivity index (χ3n) is 4.05. The summed E-state index contributed by atoms with van der Waals surface area (Å²) in [7, 11) is 0. The summed E-state index contributed by atoms with van der Waals surface area (Å²) in [4.78, 5) is 8.82. The maximum absolute atomic E-state index is 5.24. The van der Waals surface area contributed by atoms with E-state index in [1.165, 1.54) is 11.1 Å². The summed E-state index contributed by atoms with van der Waals surface area (Å²) < 4.78 is 10.5. The largest absolute Gasteiger partial charge is 0.463 e. The molecule has 0 aliphatic carbocycles. The van der Waals surface area contributed by atoms with Gasteiger partial charge in [-0.2, -0.15) is 0 Å². The van der Waals surface area contributed by atoms with E-state index in [0.717, 1.165) is 29.3 Å². The lowest BCUT2D eigenvalue weighted by Crippen LogP contribution is -1.87. The first-order valence-corrected chi connectivity index (χ1v) is 8.68. The standard InChI is InChI=1S/C23H18N2O2/c1-3-22(26-13-1)16-24-20-9-5-18(6-10-20)15-19-7-11-21(12-8-19)25-17-23-4-2-14-27-23/h1-14,16-17H,15H2. The first-order chi connectivity index (χ1) is 13.3. The molecule has 2 aromatic carbocycles. The highest BCUT2D eigenvalue weighted by atomic mass is 16.3. The lowest BCUT2D eigenvalue weighted by atomic mass is 10.0. The molecule has 0 atom stereocenters. The summed E-state index contributed by atoms with van der Waals surface area (Å²) in [6, 6.07) is 23.9. The average Bonchev–Trinajstić information content (AvgIpc) is 3.41. The van der Waals surface area contributed by atoms with Crippen molar-refractivity contribution in [3.05, 3.63) is 108 Å². The van der Waals surface area contributed by atoms with Gasteiger partial charge in [0.05, 0.1) is 36.3 Å². The monoisotopic (exact) mass is 354 g/mol. The summed E-state index contributed by atoms with van der Waals surface area (Å²) >= 11 is 0. The van der Waals surface area contributed by atoms with Crippen molar-refractivity contribution in [1.29, 1.82) is 0 Å². The first-order valence-electron chi connectivity index (χ1n) is 8.68. The average molecular weight is 354 g/mol. The van der Waals surface area contributed by atoms with E-state index in [1.54, 1.807) is 25.0 Å². The zero-order valence-corrected chi connectivity index (χ0v) is 14.7. The molecule has 27 heavy (non-hydrogen) atoms. The van der Waals surface area contributed by atoms with Gasteiger partial charge in [0.2, 0.25) is 0 Å². The van der Waals surface area contributed by atoms with Gasteiger partial charge >= 0.3 is 0 Å². The van der Waals surface area contributed by atoms with Crippen molar-refractivity contribution in [3.8, 4) is 0 Å². The van der Waals surface area contributed by atoms with Crippen molar-refractivity contribution in [2.45, 2.75) is 6.42 Å². The van der Waals surface area contributed by atoms with Crippen LogP contribution >= 0.6 is 0 Å². The smallest absolute Gasteiger partial charge is 0.144 e. The Hall–Kier alpha value is -3.66. The minimum atomic E-state index is 0.744. The number of hydrogen-bond donors (Lipinski definition) is 0. The minimum absolute atomic E-state index is 0.744. The summed E-state index contributed by atoms with van der Waals surface area (Å²) in [6.45, 7) is 0. The molecule has 4 rings (SSSR count). The zero-order valence-electron chi connectivity index (χ0n) is 14.7. The molecule has 132 valence electrons. The van der Waals surface area contributed by atoms with Crippen LogP contribution in [0.1, 0.15) is 22.6 Å². The number of benzene rings is 2. The van der Waals surface area contributed by atoms with Crippen LogP contribution in [0.3, 0.4) is 0 Å². The van der Waals surface area contributed by atoms with Crippen LogP contribution in [0.2, 0.25) is 0 Å². The van der Waals surface area contributed by atoms with Crippen LogP contribution in [-0.4, -0.2) is 12.4 Å². The molecule has 0 bridgehead atoms. The fourth-order valence-corrected chi connectivity index (χ4v) is 2.64. The van der Waals surface area contributed by atoms with Crippen LogP contribution in [0.5, 0.6) is 0 Å². The van der Waals surface area contributed by atoms with Gasteiger partial charge in [-0.1, -0.05) is 24.3 Å². The highest BCUT2D eigenvalue weighted by Crippen LogP contribution is 2.18. The number of aliphatic imine (C=N–C) groups is 2. The van der Waals surface area contributed by atoms with Crippen molar-refractivity contribution in [1.82, 2.24) is 0 Å². The normalized spacial score (nSPS) is 11.6. The SMILES string of the molecule is C(=Nc1ccc(Cc2ccc(N=Cc3ccco3)cc2)cc1)c1ccco1. The van der Waals surface area contributed by atoms with Crippen LogP contribution in [0, 0.1) is 0 Å². The van der Waals surface area contributed by atoms with Crippen molar-refractivity contribution < 1.29 is 8.83 Å². The maximum atomic E-state index is 5.24. The lowest BCUT2D eigenvalue weighted by molar-refractivity contribution is 0.560. The second kappa shape index (κ2) is 8.15. The van der Waals surface area contributed by atoms with Crippen LogP contribution < -0.4 is 0 Å². The molecule has 0 saturated carbocycles. The lowest BCUT2D eigenvalue weighted by Gasteiger charge is -2.03. The molecule has 0 aliphatic heterocycles. The molecule has 2 aromatic heterocycles. The summed E-state index contributed by atoms with van der Waals surface area (Å²) in [6.07, 6.45) is 7.58. The molecule has 4 aromatic rings. The quantitative estimate of drug-likeness (QED) is 0.401. The van der Waals surface area contributed by atoms with Crippen LogP contribution in [0.15, 0.2) is 104 Å². The van der Waals surface area contributed by atoms with Gasteiger partial charge in [-0.05, 0) is 66.1 Å². The molecule has 4 heteroatoms. The molecular formula is C23H18N2O2. The highest BCUT2D eigenvalue weighted by molar-refractivity contribution is 5.79. The number of hydrogen-bond acceptors (Lipinski definition) is 4. The van der Waals surface area contributed by atoms with Crippen molar-refractivity contribution in [3.63, 3.8) is 0 Å². The molecular weight excluding hydrogens is 336 g/mol. The Bertz CT molecular complexity index is 925. The van der Waals surface area contributed by atoms with E-state index in [4.69, 9.17) is 8.83 Å². The molecule has 0 N–H and O–H groups in total. The molecule has 0 fully saturated rings. The molecule has 4 nitrogen and oxygen atoms in total. The van der Waals surface area contributed by atoms with E-state index >= 15 is 0 Å². The minimum Gasteiger partial charge on any atom is -0.463 e. The van der Waals surface area contributed by atoms with Crippen LogP contribution in [0.4, 0.5) is 11.4 Å².